The van der Waals surface area contributed by atoms with Gasteiger partial charge in [-0.05, 0) is 36.1 Å². The molecule has 2 heterocycles. The summed E-state index contributed by atoms with van der Waals surface area (Å²) < 4.78 is 0. The second-order valence-electron chi connectivity index (χ2n) is 5.41. The van der Waals surface area contributed by atoms with Gasteiger partial charge in [-0.15, -0.1) is 11.3 Å². The van der Waals surface area contributed by atoms with Gasteiger partial charge in [0.05, 0.1) is 5.39 Å². The molecule has 0 aliphatic rings. The highest BCUT2D eigenvalue weighted by Gasteiger charge is 2.08. The van der Waals surface area contributed by atoms with Crippen LogP contribution in [-0.2, 0) is 6.42 Å². The Morgan fingerprint density at radius 2 is 1.90 bits per heavy atom. The van der Waals surface area contributed by atoms with Gasteiger partial charge in [-0.1, -0.05) is 32.9 Å². The van der Waals surface area contributed by atoms with Crippen molar-refractivity contribution in [3.63, 3.8) is 0 Å². The van der Waals surface area contributed by atoms with E-state index in [1.807, 2.05) is 0 Å². The van der Waals surface area contributed by atoms with Gasteiger partial charge in [0.2, 0.25) is 0 Å². The van der Waals surface area contributed by atoms with Crippen molar-refractivity contribution >= 4 is 33.1 Å². The molecule has 0 bridgehead atoms. The van der Waals surface area contributed by atoms with Crippen LogP contribution >= 0.6 is 11.3 Å². The molecule has 0 amide bonds. The van der Waals surface area contributed by atoms with Crippen molar-refractivity contribution in [2.45, 2.75) is 33.1 Å². The lowest BCUT2D eigenvalue weighted by molar-refractivity contribution is 0.867. The number of nitrogens with zero attached hydrogens (tertiary/aromatic N) is 2. The number of hydrogen-bond acceptors (Lipinski definition) is 4. The third-order valence-corrected chi connectivity index (χ3v) is 4.76. The van der Waals surface area contributed by atoms with E-state index in [0.717, 1.165) is 28.1 Å². The SMILES string of the molecule is CCc1cc2c(Nc3ccc(C(C)C)cc3)ncnc2s1. The Morgan fingerprint density at radius 1 is 1.14 bits per heavy atom. The van der Waals surface area contributed by atoms with Crippen LogP contribution < -0.4 is 5.32 Å². The van der Waals surface area contributed by atoms with Crippen molar-refractivity contribution in [3.8, 4) is 0 Å². The number of aromatic nitrogens is 2. The maximum Gasteiger partial charge on any atom is 0.142 e. The van der Waals surface area contributed by atoms with Gasteiger partial charge < -0.3 is 5.32 Å². The number of rotatable bonds is 4. The molecular weight excluding hydrogens is 278 g/mol. The largest absolute Gasteiger partial charge is 0.340 e. The van der Waals surface area contributed by atoms with Crippen LogP contribution in [0.25, 0.3) is 10.2 Å². The number of benzene rings is 1. The van der Waals surface area contributed by atoms with Crippen molar-refractivity contribution in [2.24, 2.45) is 0 Å². The molecular formula is C17H19N3S. The Labute approximate surface area is 129 Å². The molecule has 0 spiro atoms. The maximum atomic E-state index is 4.39. The normalized spacial score (nSPS) is 11.2. The minimum Gasteiger partial charge on any atom is -0.340 e. The Hall–Kier alpha value is -1.94. The molecule has 0 radical (unpaired) electrons. The minimum absolute atomic E-state index is 0.550. The first-order valence-electron chi connectivity index (χ1n) is 7.27. The molecule has 1 aromatic carbocycles. The first-order valence-corrected chi connectivity index (χ1v) is 8.09. The molecule has 0 atom stereocenters. The number of thiophene rings is 1. The molecule has 108 valence electrons. The van der Waals surface area contributed by atoms with Crippen molar-refractivity contribution < 1.29 is 0 Å². The van der Waals surface area contributed by atoms with Crippen LogP contribution in [0, 0.1) is 0 Å². The van der Waals surface area contributed by atoms with E-state index in [1.54, 1.807) is 17.7 Å². The molecule has 0 aliphatic carbocycles. The predicted molar refractivity (Wildman–Crippen MR) is 90.6 cm³/mol. The average Bonchev–Trinajstić information content (AvgIpc) is 2.92. The fourth-order valence-electron chi connectivity index (χ4n) is 2.27. The quantitative estimate of drug-likeness (QED) is 0.726. The third-order valence-electron chi connectivity index (χ3n) is 3.57. The number of aryl methyl sites for hydroxylation is 1. The minimum atomic E-state index is 0.550. The van der Waals surface area contributed by atoms with Crippen LogP contribution in [0.2, 0.25) is 0 Å². The van der Waals surface area contributed by atoms with Crippen LogP contribution in [0.5, 0.6) is 0 Å². The molecule has 4 heteroatoms. The molecule has 0 unspecified atom stereocenters. The Morgan fingerprint density at radius 3 is 2.57 bits per heavy atom. The van der Waals surface area contributed by atoms with Gasteiger partial charge in [0.1, 0.15) is 17.0 Å². The Bertz CT molecular complexity index is 744. The van der Waals surface area contributed by atoms with E-state index in [9.17, 15) is 0 Å². The summed E-state index contributed by atoms with van der Waals surface area (Å²) in [5.74, 6) is 1.43. The molecule has 0 aliphatic heterocycles. The van der Waals surface area contributed by atoms with E-state index in [2.05, 4.69) is 66.4 Å². The molecule has 3 aromatic rings. The van der Waals surface area contributed by atoms with E-state index in [-0.39, 0.29) is 0 Å². The summed E-state index contributed by atoms with van der Waals surface area (Å²) in [6.07, 6.45) is 2.66. The summed E-state index contributed by atoms with van der Waals surface area (Å²) in [5.41, 5.74) is 2.40. The molecule has 0 saturated heterocycles. The van der Waals surface area contributed by atoms with Gasteiger partial charge in [0.25, 0.3) is 0 Å². The van der Waals surface area contributed by atoms with Gasteiger partial charge in [-0.25, -0.2) is 9.97 Å². The van der Waals surface area contributed by atoms with Crippen LogP contribution in [0.3, 0.4) is 0 Å². The van der Waals surface area contributed by atoms with Gasteiger partial charge >= 0.3 is 0 Å². The van der Waals surface area contributed by atoms with E-state index < -0.39 is 0 Å². The van der Waals surface area contributed by atoms with E-state index in [1.165, 1.54) is 10.4 Å². The highest BCUT2D eigenvalue weighted by Crippen LogP contribution is 2.30. The van der Waals surface area contributed by atoms with Gasteiger partial charge in [0, 0.05) is 10.6 Å². The summed E-state index contributed by atoms with van der Waals surface area (Å²) in [6, 6.07) is 10.7. The zero-order valence-corrected chi connectivity index (χ0v) is 13.4. The standard InChI is InChI=1S/C17H19N3S/c1-4-14-9-15-16(18-10-19-17(15)21-14)20-13-7-5-12(6-8-13)11(2)3/h5-11H,4H2,1-3H3,(H,18,19,20). The average molecular weight is 297 g/mol. The Balaban J connectivity index is 1.92. The summed E-state index contributed by atoms with van der Waals surface area (Å²) in [6.45, 7) is 6.57. The molecule has 3 rings (SSSR count). The van der Waals surface area contributed by atoms with Crippen LogP contribution in [-0.4, -0.2) is 9.97 Å². The first kappa shape index (κ1) is 14.0. The molecule has 3 nitrogen and oxygen atoms in total. The van der Waals surface area contributed by atoms with E-state index in [4.69, 9.17) is 0 Å². The smallest absolute Gasteiger partial charge is 0.142 e. The zero-order valence-electron chi connectivity index (χ0n) is 12.6. The van der Waals surface area contributed by atoms with Crippen LogP contribution in [0.4, 0.5) is 11.5 Å². The first-order chi connectivity index (χ1) is 10.2. The Kier molecular flexibility index (Phi) is 3.88. The van der Waals surface area contributed by atoms with E-state index >= 15 is 0 Å². The van der Waals surface area contributed by atoms with Crippen molar-refractivity contribution in [1.29, 1.82) is 0 Å². The van der Waals surface area contributed by atoms with Crippen molar-refractivity contribution in [1.82, 2.24) is 9.97 Å². The monoisotopic (exact) mass is 297 g/mol. The van der Waals surface area contributed by atoms with E-state index in [0.29, 0.717) is 5.92 Å². The number of fused-ring (bicyclic) bond motifs is 1. The summed E-state index contributed by atoms with van der Waals surface area (Å²) >= 11 is 1.74. The molecule has 0 saturated carbocycles. The molecule has 2 aromatic heterocycles. The zero-order chi connectivity index (χ0) is 14.8. The molecule has 0 fully saturated rings. The van der Waals surface area contributed by atoms with Crippen molar-refractivity contribution in [2.75, 3.05) is 5.32 Å². The van der Waals surface area contributed by atoms with Gasteiger partial charge in [-0.3, -0.25) is 0 Å². The second kappa shape index (κ2) is 5.82. The predicted octanol–water partition coefficient (Wildman–Crippen LogP) is 5.12. The lowest BCUT2D eigenvalue weighted by Crippen LogP contribution is -1.95. The molecule has 21 heavy (non-hydrogen) atoms. The van der Waals surface area contributed by atoms with Crippen LogP contribution in [0.15, 0.2) is 36.7 Å². The summed E-state index contributed by atoms with van der Waals surface area (Å²) in [4.78, 5) is 11.1. The third kappa shape index (κ3) is 2.90. The van der Waals surface area contributed by atoms with Gasteiger partial charge in [-0.2, -0.15) is 0 Å². The van der Waals surface area contributed by atoms with Crippen molar-refractivity contribution in [3.05, 3.63) is 47.1 Å². The molecule has 1 N–H and O–H groups in total. The highest BCUT2D eigenvalue weighted by atomic mass is 32.1. The maximum absolute atomic E-state index is 4.39. The summed E-state index contributed by atoms with van der Waals surface area (Å²) in [5, 5.41) is 4.51. The number of hydrogen-bond donors (Lipinski definition) is 1. The highest BCUT2D eigenvalue weighted by molar-refractivity contribution is 7.18. The lowest BCUT2D eigenvalue weighted by atomic mass is 10.0. The summed E-state index contributed by atoms with van der Waals surface area (Å²) in [7, 11) is 0. The van der Waals surface area contributed by atoms with Crippen LogP contribution in [0.1, 0.15) is 37.1 Å². The second-order valence-corrected chi connectivity index (χ2v) is 6.52. The number of nitrogens with one attached hydrogen (secondary N) is 1. The van der Waals surface area contributed by atoms with Gasteiger partial charge in [0.15, 0.2) is 0 Å². The fraction of sp³-hybridized carbons (Fsp3) is 0.294. The fourth-order valence-corrected chi connectivity index (χ4v) is 3.20. The topological polar surface area (TPSA) is 37.8 Å². The number of anilines is 2. The lowest BCUT2D eigenvalue weighted by Gasteiger charge is -2.09.